The van der Waals surface area contributed by atoms with Gasteiger partial charge in [0.1, 0.15) is 0 Å². The maximum atomic E-state index is 13.3. The minimum Gasteiger partial charge on any atom is -0.385 e. The van der Waals surface area contributed by atoms with E-state index in [-0.39, 0.29) is 11.8 Å². The van der Waals surface area contributed by atoms with E-state index in [1.165, 1.54) is 17.7 Å². The molecule has 1 saturated carbocycles. The van der Waals surface area contributed by atoms with Crippen LogP contribution in [0.1, 0.15) is 49.7 Å². The predicted molar refractivity (Wildman–Crippen MR) is 134 cm³/mol. The van der Waals surface area contributed by atoms with Crippen LogP contribution in [0.2, 0.25) is 0 Å². The molecule has 3 fully saturated rings. The van der Waals surface area contributed by atoms with Gasteiger partial charge in [0.05, 0.1) is 5.60 Å². The number of carbonyl (C=O) groups is 1. The quantitative estimate of drug-likeness (QED) is 0.747. The summed E-state index contributed by atoms with van der Waals surface area (Å²) < 4.78 is 0. The Kier molecular flexibility index (Phi) is 6.44. The number of aliphatic hydroxyl groups is 1. The van der Waals surface area contributed by atoms with Gasteiger partial charge >= 0.3 is 0 Å². The van der Waals surface area contributed by atoms with Crippen molar-refractivity contribution < 1.29 is 9.90 Å². The molecular formula is C28H37N3O2. The average Bonchev–Trinajstić information content (AvgIpc) is 3.20. The van der Waals surface area contributed by atoms with Crippen molar-refractivity contribution >= 4 is 17.3 Å². The van der Waals surface area contributed by atoms with Crippen molar-refractivity contribution in [3.05, 3.63) is 59.7 Å². The van der Waals surface area contributed by atoms with Gasteiger partial charge in [-0.2, -0.15) is 0 Å². The lowest BCUT2D eigenvalue weighted by molar-refractivity contribution is -0.120. The molecule has 0 unspecified atom stereocenters. The largest absolute Gasteiger partial charge is 0.385 e. The van der Waals surface area contributed by atoms with Crippen molar-refractivity contribution in [3.8, 4) is 0 Å². The van der Waals surface area contributed by atoms with Crippen molar-refractivity contribution in [2.75, 3.05) is 49.6 Å². The summed E-state index contributed by atoms with van der Waals surface area (Å²) in [5.41, 5.74) is 3.84. The molecule has 33 heavy (non-hydrogen) atoms. The molecule has 1 atom stereocenters. The molecule has 1 aliphatic carbocycles. The Morgan fingerprint density at radius 2 is 1.61 bits per heavy atom. The highest BCUT2D eigenvalue weighted by Gasteiger charge is 2.35. The molecule has 2 aromatic carbocycles. The van der Waals surface area contributed by atoms with Crippen LogP contribution in [0.5, 0.6) is 0 Å². The van der Waals surface area contributed by atoms with Crippen LogP contribution in [0.3, 0.4) is 0 Å². The number of benzene rings is 2. The number of anilines is 2. The van der Waals surface area contributed by atoms with Gasteiger partial charge in [-0.3, -0.25) is 4.79 Å². The molecule has 5 heteroatoms. The number of nitrogens with zero attached hydrogens (tertiary/aromatic N) is 3. The summed E-state index contributed by atoms with van der Waals surface area (Å²) in [6.07, 6.45) is 6.74. The van der Waals surface area contributed by atoms with Crippen LogP contribution in [0.4, 0.5) is 11.4 Å². The summed E-state index contributed by atoms with van der Waals surface area (Å²) in [6, 6.07) is 16.7. The molecule has 0 bridgehead atoms. The molecule has 176 valence electrons. The van der Waals surface area contributed by atoms with Gasteiger partial charge in [0, 0.05) is 50.0 Å². The third kappa shape index (κ3) is 4.67. The maximum absolute atomic E-state index is 13.3. The molecule has 5 nitrogen and oxygen atoms in total. The smallest absolute Gasteiger partial charge is 0.230 e. The number of rotatable bonds is 5. The topological polar surface area (TPSA) is 47.0 Å². The van der Waals surface area contributed by atoms with E-state index in [9.17, 15) is 9.90 Å². The Labute approximate surface area is 198 Å². The van der Waals surface area contributed by atoms with Crippen LogP contribution in [0, 0.1) is 5.92 Å². The van der Waals surface area contributed by atoms with E-state index < -0.39 is 5.60 Å². The molecule has 2 heterocycles. The maximum Gasteiger partial charge on any atom is 0.230 e. The number of para-hydroxylation sites is 1. The lowest BCUT2D eigenvalue weighted by Crippen LogP contribution is -2.44. The first-order valence-corrected chi connectivity index (χ1v) is 12.7. The molecule has 5 rings (SSSR count). The van der Waals surface area contributed by atoms with E-state index in [0.717, 1.165) is 82.5 Å². The van der Waals surface area contributed by atoms with Crippen molar-refractivity contribution in [2.24, 2.45) is 5.92 Å². The fraction of sp³-hybridized carbons (Fsp3) is 0.536. The molecular weight excluding hydrogens is 410 g/mol. The Morgan fingerprint density at radius 3 is 2.33 bits per heavy atom. The lowest BCUT2D eigenvalue weighted by atomic mass is 9.80. The second kappa shape index (κ2) is 9.47. The Balaban J connectivity index is 1.27. The van der Waals surface area contributed by atoms with E-state index >= 15 is 0 Å². The lowest BCUT2D eigenvalue weighted by Gasteiger charge is -2.35. The predicted octanol–water partition coefficient (Wildman–Crippen LogP) is 4.19. The van der Waals surface area contributed by atoms with Gasteiger partial charge in [-0.15, -0.1) is 0 Å². The fourth-order valence-electron chi connectivity index (χ4n) is 5.87. The van der Waals surface area contributed by atoms with Crippen molar-refractivity contribution in [1.82, 2.24) is 4.90 Å². The fourth-order valence-corrected chi connectivity index (χ4v) is 5.87. The van der Waals surface area contributed by atoms with E-state index in [1.54, 1.807) is 0 Å². The standard InChI is InChI=1S/C28H37N3O2/c1-29-17-19-30(20-18-29)26-8-4-3-7-22(26)21-23-13-16-31(27(23)32)25-11-9-24(10-12-25)28(33)14-5-2-6-15-28/h3-4,7-12,23,33H,2,5-6,13-21H2,1H3/t23-/m1/s1. The second-order valence-corrected chi connectivity index (χ2v) is 10.2. The SMILES string of the molecule is CN1CCN(c2ccccc2C[C@H]2CCN(c3ccc(C4(O)CCCCC4)cc3)C2=O)CC1. The van der Waals surface area contributed by atoms with Crippen LogP contribution in [-0.2, 0) is 16.8 Å². The molecule has 1 N–H and O–H groups in total. The molecule has 0 aromatic heterocycles. The Hall–Kier alpha value is -2.37. The van der Waals surface area contributed by atoms with Gasteiger partial charge < -0.3 is 19.8 Å². The van der Waals surface area contributed by atoms with Crippen LogP contribution < -0.4 is 9.80 Å². The number of carbonyl (C=O) groups excluding carboxylic acids is 1. The van der Waals surface area contributed by atoms with Crippen LogP contribution in [0.15, 0.2) is 48.5 Å². The van der Waals surface area contributed by atoms with E-state index in [2.05, 4.69) is 41.1 Å². The molecule has 0 radical (unpaired) electrons. The van der Waals surface area contributed by atoms with E-state index in [0.29, 0.717) is 0 Å². The van der Waals surface area contributed by atoms with Gasteiger partial charge in [0.2, 0.25) is 5.91 Å². The molecule has 1 amide bonds. The Morgan fingerprint density at radius 1 is 0.909 bits per heavy atom. The first-order valence-electron chi connectivity index (χ1n) is 12.7. The molecule has 2 saturated heterocycles. The summed E-state index contributed by atoms with van der Waals surface area (Å²) in [6.45, 7) is 5.00. The highest BCUT2D eigenvalue weighted by Crippen LogP contribution is 2.38. The zero-order chi connectivity index (χ0) is 22.8. The zero-order valence-corrected chi connectivity index (χ0v) is 19.9. The van der Waals surface area contributed by atoms with E-state index in [1.807, 2.05) is 29.2 Å². The number of piperazine rings is 1. The van der Waals surface area contributed by atoms with Gasteiger partial charge in [-0.05, 0) is 62.1 Å². The summed E-state index contributed by atoms with van der Waals surface area (Å²) in [4.78, 5) is 20.1. The number of likely N-dealkylation sites (N-methyl/N-ethyl adjacent to an activating group) is 1. The van der Waals surface area contributed by atoms with Gasteiger partial charge in [0.15, 0.2) is 0 Å². The summed E-state index contributed by atoms with van der Waals surface area (Å²) in [5, 5.41) is 11.0. The number of amides is 1. The molecule has 2 aliphatic heterocycles. The van der Waals surface area contributed by atoms with Crippen LogP contribution >= 0.6 is 0 Å². The minimum absolute atomic E-state index is 0.0285. The minimum atomic E-state index is -0.693. The van der Waals surface area contributed by atoms with Crippen molar-refractivity contribution in [3.63, 3.8) is 0 Å². The second-order valence-electron chi connectivity index (χ2n) is 10.2. The first kappa shape index (κ1) is 22.4. The van der Waals surface area contributed by atoms with Crippen LogP contribution in [0.25, 0.3) is 0 Å². The number of hydrogen-bond acceptors (Lipinski definition) is 4. The summed E-state index contributed by atoms with van der Waals surface area (Å²) in [5.74, 6) is 0.258. The van der Waals surface area contributed by atoms with Gasteiger partial charge in [-0.1, -0.05) is 49.6 Å². The highest BCUT2D eigenvalue weighted by molar-refractivity contribution is 5.97. The summed E-state index contributed by atoms with van der Waals surface area (Å²) >= 11 is 0. The van der Waals surface area contributed by atoms with Crippen molar-refractivity contribution in [1.29, 1.82) is 0 Å². The van der Waals surface area contributed by atoms with Gasteiger partial charge in [-0.25, -0.2) is 0 Å². The van der Waals surface area contributed by atoms with E-state index in [4.69, 9.17) is 0 Å². The number of hydrogen-bond donors (Lipinski definition) is 1. The average molecular weight is 448 g/mol. The third-order valence-electron chi connectivity index (χ3n) is 8.02. The zero-order valence-electron chi connectivity index (χ0n) is 19.9. The molecule has 0 spiro atoms. The summed E-state index contributed by atoms with van der Waals surface area (Å²) in [7, 11) is 2.18. The Bertz CT molecular complexity index is 959. The van der Waals surface area contributed by atoms with Crippen molar-refractivity contribution in [2.45, 2.75) is 50.5 Å². The molecule has 3 aliphatic rings. The highest BCUT2D eigenvalue weighted by atomic mass is 16.3. The monoisotopic (exact) mass is 447 g/mol. The third-order valence-corrected chi connectivity index (χ3v) is 8.02. The first-order chi connectivity index (χ1) is 16.0. The normalized spacial score (nSPS) is 23.8. The van der Waals surface area contributed by atoms with Gasteiger partial charge in [0.25, 0.3) is 0 Å². The van der Waals surface area contributed by atoms with Crippen LogP contribution in [-0.4, -0.2) is 55.7 Å². The molecule has 2 aromatic rings.